The quantitative estimate of drug-likeness (QED) is 0.777. The molecule has 1 aromatic rings. The van der Waals surface area contributed by atoms with Crippen molar-refractivity contribution in [2.24, 2.45) is 0 Å². The van der Waals surface area contributed by atoms with Crippen LogP contribution in [0.3, 0.4) is 0 Å². The highest BCUT2D eigenvalue weighted by atomic mass is 32.2. The molecule has 0 aliphatic carbocycles. The number of aromatic hydroxyl groups is 1. The molecule has 0 radical (unpaired) electrons. The number of hydrogen-bond acceptors (Lipinski definition) is 4. The lowest BCUT2D eigenvalue weighted by molar-refractivity contribution is 0.451. The number of rotatable bonds is 1. The van der Waals surface area contributed by atoms with Crippen LogP contribution in [-0.4, -0.2) is 31.8 Å². The Kier molecular flexibility index (Phi) is 2.97. The molecule has 1 saturated heterocycles. The van der Waals surface area contributed by atoms with Crippen LogP contribution in [0.5, 0.6) is 5.88 Å². The average Bonchev–Trinajstić information content (AvgIpc) is 2.48. The topological polar surface area (TPSA) is 48.9 Å². The Morgan fingerprint density at radius 3 is 2.71 bits per heavy atom. The summed E-state index contributed by atoms with van der Waals surface area (Å²) in [5.41, 5.74) is 0.767. The van der Waals surface area contributed by atoms with Crippen molar-refractivity contribution in [2.45, 2.75) is 24.3 Å². The van der Waals surface area contributed by atoms with E-state index in [0.29, 0.717) is 10.5 Å². The van der Waals surface area contributed by atoms with Crippen molar-refractivity contribution in [3.63, 3.8) is 0 Å². The second-order valence-corrected chi connectivity index (χ2v) is 6.17. The molecule has 5 heteroatoms. The highest BCUT2D eigenvalue weighted by Crippen LogP contribution is 2.41. The average molecular weight is 230 g/mol. The number of nitrogens with zero attached hydrogens (tertiary/aromatic N) is 1. The van der Waals surface area contributed by atoms with Gasteiger partial charge in [-0.1, -0.05) is 6.92 Å². The molecule has 2 heterocycles. The van der Waals surface area contributed by atoms with Crippen molar-refractivity contribution in [3.05, 3.63) is 11.5 Å². The first kappa shape index (κ1) is 10.2. The van der Waals surface area contributed by atoms with E-state index in [1.165, 1.54) is 11.5 Å². The smallest absolute Gasteiger partial charge is 0.232 e. The number of imidazole rings is 1. The van der Waals surface area contributed by atoms with Crippen molar-refractivity contribution < 1.29 is 5.11 Å². The number of H-pyrrole nitrogens is 1. The summed E-state index contributed by atoms with van der Waals surface area (Å²) in [5.74, 6) is 3.45. The zero-order valence-electron chi connectivity index (χ0n) is 8.28. The van der Waals surface area contributed by atoms with Crippen molar-refractivity contribution >= 4 is 23.5 Å². The van der Waals surface area contributed by atoms with E-state index in [-0.39, 0.29) is 5.88 Å². The van der Waals surface area contributed by atoms with Crippen LogP contribution < -0.4 is 0 Å². The van der Waals surface area contributed by atoms with Crippen molar-refractivity contribution in [2.75, 3.05) is 11.5 Å². The fraction of sp³-hybridized carbons (Fsp3) is 0.667. The van der Waals surface area contributed by atoms with Crippen molar-refractivity contribution in [1.82, 2.24) is 9.97 Å². The van der Waals surface area contributed by atoms with E-state index in [2.05, 4.69) is 16.9 Å². The first-order valence-corrected chi connectivity index (χ1v) is 6.77. The molecule has 2 unspecified atom stereocenters. The minimum atomic E-state index is 0.142. The normalized spacial score (nSPS) is 27.9. The fourth-order valence-electron chi connectivity index (χ4n) is 1.54. The summed E-state index contributed by atoms with van der Waals surface area (Å²) >= 11 is 3.89. The molecule has 1 fully saturated rings. The third-order valence-corrected chi connectivity index (χ3v) is 5.43. The third-order valence-electron chi connectivity index (χ3n) is 2.33. The summed E-state index contributed by atoms with van der Waals surface area (Å²) in [5, 5.41) is 10.4. The Labute approximate surface area is 92.1 Å². The van der Waals surface area contributed by atoms with Gasteiger partial charge in [0, 0.05) is 16.8 Å². The number of thioether (sulfide) groups is 2. The van der Waals surface area contributed by atoms with Gasteiger partial charge in [-0.3, -0.25) is 0 Å². The Morgan fingerprint density at radius 1 is 1.43 bits per heavy atom. The van der Waals surface area contributed by atoms with Crippen LogP contribution in [0.15, 0.2) is 0 Å². The minimum Gasteiger partial charge on any atom is -0.492 e. The third kappa shape index (κ3) is 1.88. The van der Waals surface area contributed by atoms with E-state index in [1.54, 1.807) is 0 Å². The fourth-order valence-corrected chi connectivity index (χ4v) is 4.25. The van der Waals surface area contributed by atoms with E-state index in [9.17, 15) is 5.11 Å². The molecule has 1 aliphatic rings. The highest BCUT2D eigenvalue weighted by molar-refractivity contribution is 8.06. The standard InChI is InChI=1S/C9H14N2OS2/c1-5-9(12)11-8(10-5)7-6(2)13-3-4-14-7/h6-7,12H,3-4H2,1-2H3,(H,10,11). The van der Waals surface area contributed by atoms with E-state index in [4.69, 9.17) is 0 Å². The van der Waals surface area contributed by atoms with Crippen LogP contribution in [0.1, 0.15) is 23.7 Å². The molecule has 3 nitrogen and oxygen atoms in total. The van der Waals surface area contributed by atoms with Gasteiger partial charge < -0.3 is 10.1 Å². The lowest BCUT2D eigenvalue weighted by atomic mass is 10.3. The zero-order chi connectivity index (χ0) is 10.1. The Hall–Kier alpha value is -0.290. The number of aromatic amines is 1. The van der Waals surface area contributed by atoms with Gasteiger partial charge in [-0.25, -0.2) is 0 Å². The van der Waals surface area contributed by atoms with Gasteiger partial charge in [0.25, 0.3) is 0 Å². The molecular weight excluding hydrogens is 216 g/mol. The van der Waals surface area contributed by atoms with Crippen LogP contribution in [0.25, 0.3) is 0 Å². The van der Waals surface area contributed by atoms with E-state index < -0.39 is 0 Å². The monoisotopic (exact) mass is 230 g/mol. The lowest BCUT2D eigenvalue weighted by Crippen LogP contribution is -2.16. The number of hydrogen-bond donors (Lipinski definition) is 2. The first-order chi connectivity index (χ1) is 6.68. The molecule has 1 aromatic heterocycles. The van der Waals surface area contributed by atoms with Gasteiger partial charge in [-0.2, -0.15) is 16.7 Å². The van der Waals surface area contributed by atoms with E-state index in [0.717, 1.165) is 11.5 Å². The minimum absolute atomic E-state index is 0.142. The summed E-state index contributed by atoms with van der Waals surface area (Å²) in [7, 11) is 0. The summed E-state index contributed by atoms with van der Waals surface area (Å²) < 4.78 is 0. The predicted molar refractivity (Wildman–Crippen MR) is 62.1 cm³/mol. The molecule has 78 valence electrons. The Balaban J connectivity index is 2.20. The summed E-state index contributed by atoms with van der Waals surface area (Å²) in [6, 6.07) is 0. The SMILES string of the molecule is Cc1[nH]c(C2SCCSC2C)nc1O. The molecule has 2 rings (SSSR count). The Morgan fingerprint density at radius 2 is 2.14 bits per heavy atom. The highest BCUT2D eigenvalue weighted by Gasteiger charge is 2.27. The van der Waals surface area contributed by atoms with E-state index >= 15 is 0 Å². The largest absolute Gasteiger partial charge is 0.492 e. The second-order valence-electron chi connectivity index (χ2n) is 3.44. The zero-order valence-corrected chi connectivity index (χ0v) is 9.91. The van der Waals surface area contributed by atoms with Crippen molar-refractivity contribution in [3.8, 4) is 5.88 Å². The van der Waals surface area contributed by atoms with Gasteiger partial charge in [0.05, 0.1) is 10.9 Å². The van der Waals surface area contributed by atoms with Crippen molar-refractivity contribution in [1.29, 1.82) is 0 Å². The molecule has 0 aromatic carbocycles. The van der Waals surface area contributed by atoms with E-state index in [1.807, 2.05) is 30.4 Å². The molecular formula is C9H14N2OS2. The second kappa shape index (κ2) is 4.06. The number of nitrogens with one attached hydrogen (secondary N) is 1. The van der Waals surface area contributed by atoms with Gasteiger partial charge in [0.2, 0.25) is 5.88 Å². The summed E-state index contributed by atoms with van der Waals surface area (Å²) in [6.45, 7) is 4.06. The van der Waals surface area contributed by atoms with Crippen LogP contribution in [-0.2, 0) is 0 Å². The summed E-state index contributed by atoms with van der Waals surface area (Å²) in [6.07, 6.45) is 0. The number of aryl methyl sites for hydroxylation is 1. The molecule has 0 saturated carbocycles. The maximum absolute atomic E-state index is 9.40. The first-order valence-electron chi connectivity index (χ1n) is 4.67. The molecule has 0 amide bonds. The van der Waals surface area contributed by atoms with Crippen LogP contribution >= 0.6 is 23.5 Å². The van der Waals surface area contributed by atoms with Gasteiger partial charge in [0.1, 0.15) is 5.82 Å². The molecule has 0 spiro atoms. The molecule has 1 aliphatic heterocycles. The van der Waals surface area contributed by atoms with Gasteiger partial charge in [0.15, 0.2) is 0 Å². The van der Waals surface area contributed by atoms with Gasteiger partial charge in [-0.15, -0.1) is 11.8 Å². The number of aromatic nitrogens is 2. The lowest BCUT2D eigenvalue weighted by Gasteiger charge is -2.25. The molecule has 2 N–H and O–H groups in total. The molecule has 0 bridgehead atoms. The van der Waals surface area contributed by atoms with Crippen LogP contribution in [0, 0.1) is 6.92 Å². The molecule has 2 atom stereocenters. The van der Waals surface area contributed by atoms with Crippen LogP contribution in [0.2, 0.25) is 0 Å². The van der Waals surface area contributed by atoms with Gasteiger partial charge in [-0.05, 0) is 6.92 Å². The maximum Gasteiger partial charge on any atom is 0.232 e. The predicted octanol–water partition coefficient (Wildman–Crippen LogP) is 2.33. The molecule has 14 heavy (non-hydrogen) atoms. The van der Waals surface area contributed by atoms with Crippen LogP contribution in [0.4, 0.5) is 0 Å². The summed E-state index contributed by atoms with van der Waals surface area (Å²) in [4.78, 5) is 7.30. The van der Waals surface area contributed by atoms with Gasteiger partial charge >= 0.3 is 0 Å². The Bertz CT molecular complexity index is 307. The maximum atomic E-state index is 9.40.